The second kappa shape index (κ2) is 10.9. The van der Waals surface area contributed by atoms with Crippen LogP contribution in [0.15, 0.2) is 114 Å². The van der Waals surface area contributed by atoms with Crippen molar-refractivity contribution < 1.29 is 19.5 Å². The van der Waals surface area contributed by atoms with E-state index < -0.39 is 23.5 Å². The molecule has 7 heteroatoms. The second-order valence-corrected chi connectivity index (χ2v) is 9.42. The molecule has 1 aliphatic heterocycles. The molecule has 1 atom stereocenters. The molecule has 3 aromatic rings. The minimum atomic E-state index is -0.595. The number of para-hydroxylation sites is 1. The van der Waals surface area contributed by atoms with E-state index in [-0.39, 0.29) is 37.2 Å². The zero-order chi connectivity index (χ0) is 26.6. The van der Waals surface area contributed by atoms with Crippen molar-refractivity contribution in [1.29, 1.82) is 0 Å². The molecule has 0 bridgehead atoms. The Hall–Kier alpha value is -4.49. The summed E-state index contributed by atoms with van der Waals surface area (Å²) in [7, 11) is 1.71. The average molecular weight is 508 g/mol. The Morgan fingerprint density at radius 2 is 1.47 bits per heavy atom. The van der Waals surface area contributed by atoms with Crippen molar-refractivity contribution in [3.05, 3.63) is 126 Å². The van der Waals surface area contributed by atoms with Crippen molar-refractivity contribution in [1.82, 2.24) is 9.80 Å². The van der Waals surface area contributed by atoms with Crippen LogP contribution in [-0.4, -0.2) is 58.8 Å². The SMILES string of the molecule is CN(C(=O)CCN1CN(C(c2ccccc2)c2ccccc2)C2C=CC(=O)C(O)=C2C1=O)c1ccccc1. The highest BCUT2D eigenvalue weighted by molar-refractivity contribution is 6.11. The van der Waals surface area contributed by atoms with Gasteiger partial charge >= 0.3 is 0 Å². The normalized spacial score (nSPS) is 17.6. The van der Waals surface area contributed by atoms with E-state index in [1.807, 2.05) is 91.0 Å². The number of fused-ring (bicyclic) bond motifs is 1. The standard InChI is InChI=1S/C31H29N3O4/c1-32(24-15-9-4-10-16-24)27(36)19-20-33-21-34(25-17-18-26(35)30(37)28(25)31(33)38)29(22-11-5-2-6-12-22)23-13-7-3-8-14-23/h2-18,25,29,37H,19-21H2,1H3. The molecule has 192 valence electrons. The number of nitrogens with zero attached hydrogens (tertiary/aromatic N) is 3. The third-order valence-corrected chi connectivity index (χ3v) is 7.10. The van der Waals surface area contributed by atoms with E-state index in [0.29, 0.717) is 0 Å². The summed E-state index contributed by atoms with van der Waals surface area (Å²) in [6.45, 7) is 0.360. The van der Waals surface area contributed by atoms with Crippen LogP contribution in [0.25, 0.3) is 0 Å². The minimum absolute atomic E-state index is 0.0458. The number of allylic oxidation sites excluding steroid dienone is 1. The molecule has 1 fully saturated rings. The molecule has 38 heavy (non-hydrogen) atoms. The molecule has 5 rings (SSSR count). The van der Waals surface area contributed by atoms with Gasteiger partial charge in [-0.05, 0) is 29.3 Å². The van der Waals surface area contributed by atoms with E-state index in [4.69, 9.17) is 0 Å². The largest absolute Gasteiger partial charge is 0.504 e. The summed E-state index contributed by atoms with van der Waals surface area (Å²) in [5.41, 5.74) is 2.83. The Bertz CT molecular complexity index is 1350. The van der Waals surface area contributed by atoms with Gasteiger partial charge in [0.1, 0.15) is 0 Å². The van der Waals surface area contributed by atoms with E-state index in [2.05, 4.69) is 4.90 Å². The number of anilines is 1. The van der Waals surface area contributed by atoms with Gasteiger partial charge in [-0.15, -0.1) is 0 Å². The van der Waals surface area contributed by atoms with E-state index in [1.165, 1.54) is 6.08 Å². The highest BCUT2D eigenvalue weighted by atomic mass is 16.3. The summed E-state index contributed by atoms with van der Waals surface area (Å²) in [6.07, 6.45) is 3.10. The summed E-state index contributed by atoms with van der Waals surface area (Å²) >= 11 is 0. The molecule has 1 unspecified atom stereocenters. The van der Waals surface area contributed by atoms with Gasteiger partial charge in [0, 0.05) is 25.7 Å². The van der Waals surface area contributed by atoms with Gasteiger partial charge in [0.2, 0.25) is 11.7 Å². The van der Waals surface area contributed by atoms with Crippen LogP contribution in [0.5, 0.6) is 0 Å². The maximum absolute atomic E-state index is 13.6. The Kier molecular flexibility index (Phi) is 7.20. The first-order valence-corrected chi connectivity index (χ1v) is 12.6. The van der Waals surface area contributed by atoms with Crippen molar-refractivity contribution in [3.8, 4) is 0 Å². The molecule has 0 radical (unpaired) electrons. The highest BCUT2D eigenvalue weighted by Crippen LogP contribution is 2.37. The summed E-state index contributed by atoms with van der Waals surface area (Å²) in [6, 6.07) is 28.3. The Morgan fingerprint density at radius 3 is 2.05 bits per heavy atom. The predicted octanol–water partition coefficient (Wildman–Crippen LogP) is 4.25. The molecule has 0 spiro atoms. The van der Waals surface area contributed by atoms with E-state index in [9.17, 15) is 19.5 Å². The van der Waals surface area contributed by atoms with Crippen LogP contribution in [0.4, 0.5) is 5.69 Å². The number of benzene rings is 3. The fourth-order valence-corrected chi connectivity index (χ4v) is 5.10. The summed E-state index contributed by atoms with van der Waals surface area (Å²) in [4.78, 5) is 44.2. The van der Waals surface area contributed by atoms with Gasteiger partial charge in [0.25, 0.3) is 5.91 Å². The van der Waals surface area contributed by atoms with Crippen LogP contribution in [-0.2, 0) is 14.4 Å². The molecule has 0 saturated carbocycles. The molecule has 1 heterocycles. The predicted molar refractivity (Wildman–Crippen MR) is 145 cm³/mol. The first-order valence-electron chi connectivity index (χ1n) is 12.6. The lowest BCUT2D eigenvalue weighted by molar-refractivity contribution is -0.136. The lowest BCUT2D eigenvalue weighted by atomic mass is 9.88. The first kappa shape index (κ1) is 25.2. The van der Waals surface area contributed by atoms with Gasteiger partial charge in [0.05, 0.1) is 24.3 Å². The third kappa shape index (κ3) is 4.88. The van der Waals surface area contributed by atoms with Gasteiger partial charge in [-0.2, -0.15) is 0 Å². The number of hydrogen-bond acceptors (Lipinski definition) is 5. The van der Waals surface area contributed by atoms with E-state index >= 15 is 0 Å². The quantitative estimate of drug-likeness (QED) is 0.517. The Balaban J connectivity index is 1.48. The molecular weight excluding hydrogens is 478 g/mol. The van der Waals surface area contributed by atoms with Gasteiger partial charge in [-0.25, -0.2) is 0 Å². The topological polar surface area (TPSA) is 81.2 Å². The van der Waals surface area contributed by atoms with Crippen LogP contribution < -0.4 is 4.90 Å². The highest BCUT2D eigenvalue weighted by Gasteiger charge is 2.44. The van der Waals surface area contributed by atoms with E-state index in [0.717, 1.165) is 16.8 Å². The fraction of sp³-hybridized carbons (Fsp3) is 0.194. The Morgan fingerprint density at radius 1 is 0.921 bits per heavy atom. The van der Waals surface area contributed by atoms with Gasteiger partial charge in [0.15, 0.2) is 5.76 Å². The third-order valence-electron chi connectivity index (χ3n) is 7.10. The number of ketones is 1. The zero-order valence-corrected chi connectivity index (χ0v) is 21.1. The van der Waals surface area contributed by atoms with Crippen molar-refractivity contribution in [2.24, 2.45) is 0 Å². The zero-order valence-electron chi connectivity index (χ0n) is 21.1. The van der Waals surface area contributed by atoms with Gasteiger partial charge in [-0.3, -0.25) is 19.3 Å². The van der Waals surface area contributed by atoms with Gasteiger partial charge in [-0.1, -0.05) is 84.9 Å². The minimum Gasteiger partial charge on any atom is -0.504 e. The van der Waals surface area contributed by atoms with Crippen molar-refractivity contribution in [3.63, 3.8) is 0 Å². The number of aliphatic hydroxyl groups is 1. The Labute approximate surface area is 221 Å². The molecule has 1 N–H and O–H groups in total. The number of amides is 2. The van der Waals surface area contributed by atoms with Crippen molar-refractivity contribution >= 4 is 23.3 Å². The number of carbonyl (C=O) groups excluding carboxylic acids is 3. The lowest BCUT2D eigenvalue weighted by Gasteiger charge is -2.46. The molecule has 2 amide bonds. The lowest BCUT2D eigenvalue weighted by Crippen LogP contribution is -2.57. The number of rotatable bonds is 7. The molecule has 1 aliphatic carbocycles. The molecule has 1 saturated heterocycles. The number of hydrogen-bond donors (Lipinski definition) is 1. The second-order valence-electron chi connectivity index (χ2n) is 9.42. The molecule has 2 aliphatic rings. The van der Waals surface area contributed by atoms with Crippen LogP contribution >= 0.6 is 0 Å². The monoisotopic (exact) mass is 507 g/mol. The van der Waals surface area contributed by atoms with Crippen LogP contribution in [0.2, 0.25) is 0 Å². The smallest absolute Gasteiger partial charge is 0.256 e. The molecule has 0 aromatic heterocycles. The average Bonchev–Trinajstić information content (AvgIpc) is 2.96. The fourth-order valence-electron chi connectivity index (χ4n) is 5.10. The number of carbonyl (C=O) groups is 3. The molecule has 3 aromatic carbocycles. The summed E-state index contributed by atoms with van der Waals surface area (Å²) in [5, 5.41) is 10.7. The van der Waals surface area contributed by atoms with Crippen molar-refractivity contribution in [2.45, 2.75) is 18.5 Å². The first-order chi connectivity index (χ1) is 18.5. The van der Waals surface area contributed by atoms with Crippen LogP contribution in [0.3, 0.4) is 0 Å². The summed E-state index contributed by atoms with van der Waals surface area (Å²) < 4.78 is 0. The maximum Gasteiger partial charge on any atom is 0.256 e. The number of aliphatic hydroxyl groups excluding tert-OH is 1. The van der Waals surface area contributed by atoms with Crippen molar-refractivity contribution in [2.75, 3.05) is 25.2 Å². The molecular formula is C31H29N3O4. The van der Waals surface area contributed by atoms with Crippen LogP contribution in [0, 0.1) is 0 Å². The molecule has 7 nitrogen and oxygen atoms in total. The maximum atomic E-state index is 13.6. The van der Waals surface area contributed by atoms with Gasteiger partial charge < -0.3 is 14.9 Å². The summed E-state index contributed by atoms with van der Waals surface area (Å²) in [5.74, 6) is -1.71. The van der Waals surface area contributed by atoms with Crippen LogP contribution in [0.1, 0.15) is 23.6 Å². The van der Waals surface area contributed by atoms with E-state index in [1.54, 1.807) is 22.9 Å².